The normalized spacial score (nSPS) is 18.1. The minimum Gasteiger partial charge on any atom is -0.475 e. The van der Waals surface area contributed by atoms with Crippen molar-refractivity contribution in [1.82, 2.24) is 34.8 Å². The first-order chi connectivity index (χ1) is 18.1. The number of amides is 1. The molecule has 1 amide bonds. The molecule has 2 aliphatic rings. The van der Waals surface area contributed by atoms with E-state index in [2.05, 4.69) is 30.2 Å². The molecule has 4 aromatic rings. The lowest BCUT2D eigenvalue weighted by Gasteiger charge is -2.26. The van der Waals surface area contributed by atoms with E-state index in [0.29, 0.717) is 11.0 Å². The molecular formula is C23H20F5N7O3. The lowest BCUT2D eigenvalue weighted by atomic mass is 10.0. The fraction of sp³-hybridized carbons (Fsp3) is 0.391. The van der Waals surface area contributed by atoms with Gasteiger partial charge in [0, 0.05) is 30.4 Å². The van der Waals surface area contributed by atoms with E-state index in [0.717, 1.165) is 0 Å². The largest absolute Gasteiger partial charge is 0.475 e. The van der Waals surface area contributed by atoms with E-state index >= 15 is 0 Å². The van der Waals surface area contributed by atoms with Crippen LogP contribution in [0.4, 0.5) is 22.0 Å². The SMILES string of the molecule is Cn1cc(-c2c(-c3c(C(F)F)nn4c3OC[C@@H](NC(=O)C3(F)CC3)C4)[nH]c3ncccc23)c(OC(F)F)n1. The summed E-state index contributed by atoms with van der Waals surface area (Å²) in [5, 5.41) is 11.0. The first-order valence-electron chi connectivity index (χ1n) is 11.6. The summed E-state index contributed by atoms with van der Waals surface area (Å²) in [5.41, 5.74) is -1.91. The lowest BCUT2D eigenvalue weighted by Crippen LogP contribution is -2.48. The molecule has 1 aliphatic heterocycles. The number of fused-ring (bicyclic) bond motifs is 2. The molecule has 0 unspecified atom stereocenters. The predicted molar refractivity (Wildman–Crippen MR) is 122 cm³/mol. The second-order valence-electron chi connectivity index (χ2n) is 9.17. The zero-order valence-electron chi connectivity index (χ0n) is 19.7. The fourth-order valence-electron chi connectivity index (χ4n) is 4.60. The summed E-state index contributed by atoms with van der Waals surface area (Å²) < 4.78 is 81.9. The Hall–Kier alpha value is -4.17. The zero-order chi connectivity index (χ0) is 26.8. The van der Waals surface area contributed by atoms with Crippen LogP contribution in [-0.4, -0.2) is 60.4 Å². The number of aryl methyl sites for hydroxylation is 1. The highest BCUT2D eigenvalue weighted by Crippen LogP contribution is 2.47. The Bertz CT molecular complexity index is 1540. The Morgan fingerprint density at radius 1 is 1.26 bits per heavy atom. The minimum atomic E-state index is -3.18. The lowest BCUT2D eigenvalue weighted by molar-refractivity contribution is -0.128. The smallest absolute Gasteiger partial charge is 0.388 e. The Kier molecular flexibility index (Phi) is 5.54. The maximum Gasteiger partial charge on any atom is 0.388 e. The quantitative estimate of drug-likeness (QED) is 0.348. The van der Waals surface area contributed by atoms with Crippen LogP contribution in [0, 0.1) is 0 Å². The van der Waals surface area contributed by atoms with E-state index in [9.17, 15) is 26.7 Å². The van der Waals surface area contributed by atoms with Crippen molar-refractivity contribution in [3.8, 4) is 34.1 Å². The van der Waals surface area contributed by atoms with Gasteiger partial charge in [0.05, 0.1) is 29.4 Å². The molecule has 200 valence electrons. The van der Waals surface area contributed by atoms with Gasteiger partial charge in [-0.2, -0.15) is 13.9 Å². The third kappa shape index (κ3) is 4.01. The molecule has 0 saturated heterocycles. The molecule has 4 aromatic heterocycles. The Morgan fingerprint density at radius 3 is 2.76 bits per heavy atom. The van der Waals surface area contributed by atoms with Crippen LogP contribution in [0.3, 0.4) is 0 Å². The molecule has 10 nitrogen and oxygen atoms in total. The van der Waals surface area contributed by atoms with Crippen LogP contribution in [0.1, 0.15) is 25.0 Å². The van der Waals surface area contributed by atoms with Crippen LogP contribution >= 0.6 is 0 Å². The summed E-state index contributed by atoms with van der Waals surface area (Å²) in [6.45, 7) is -3.34. The second kappa shape index (κ2) is 8.70. The standard InChI is InChI=1S/C23H20F5N7O3/c1-34-8-12(19(33-34)38-22(26)27)13-11-3-2-6-29-18(11)31-15(13)14-16(17(24)25)32-35-7-10(9-37-20(14)35)30-21(36)23(28)4-5-23/h2-3,6,8,10,17,22H,4-5,7,9H2,1H3,(H,29,31)(H,30,36)/t10-/m0/s1. The number of aromatic amines is 1. The van der Waals surface area contributed by atoms with Gasteiger partial charge in [-0.15, -0.1) is 5.10 Å². The number of halogens is 5. The van der Waals surface area contributed by atoms with Crippen molar-refractivity contribution in [2.24, 2.45) is 7.05 Å². The molecule has 0 bridgehead atoms. The molecule has 5 heterocycles. The number of hydrogen-bond acceptors (Lipinski definition) is 6. The van der Waals surface area contributed by atoms with Crippen molar-refractivity contribution < 1.29 is 36.2 Å². The number of carbonyl (C=O) groups excluding carboxylic acids is 1. The number of alkyl halides is 5. The summed E-state index contributed by atoms with van der Waals surface area (Å²) in [7, 11) is 1.50. The molecule has 38 heavy (non-hydrogen) atoms. The van der Waals surface area contributed by atoms with E-state index in [4.69, 9.17) is 4.74 Å². The van der Waals surface area contributed by atoms with Crippen molar-refractivity contribution in [3.05, 3.63) is 30.2 Å². The number of ether oxygens (including phenoxy) is 2. The maximum atomic E-state index is 14.3. The summed E-state index contributed by atoms with van der Waals surface area (Å²) in [5.74, 6) is -1.21. The molecule has 1 aliphatic carbocycles. The third-order valence-electron chi connectivity index (χ3n) is 6.47. The number of H-pyrrole nitrogens is 1. The number of nitrogens with zero attached hydrogens (tertiary/aromatic N) is 5. The van der Waals surface area contributed by atoms with Crippen molar-refractivity contribution >= 4 is 16.9 Å². The van der Waals surface area contributed by atoms with E-state index in [1.807, 2.05) is 0 Å². The van der Waals surface area contributed by atoms with Gasteiger partial charge in [0.15, 0.2) is 5.67 Å². The Morgan fingerprint density at radius 2 is 2.05 bits per heavy atom. The third-order valence-corrected chi connectivity index (χ3v) is 6.47. The molecule has 0 spiro atoms. The number of pyridine rings is 1. The average molecular weight is 537 g/mol. The molecule has 0 radical (unpaired) electrons. The fourth-order valence-corrected chi connectivity index (χ4v) is 4.60. The highest BCUT2D eigenvalue weighted by atomic mass is 19.3. The average Bonchev–Trinajstić information content (AvgIpc) is 3.20. The number of hydrogen-bond donors (Lipinski definition) is 2. The van der Waals surface area contributed by atoms with E-state index in [-0.39, 0.29) is 54.3 Å². The summed E-state index contributed by atoms with van der Waals surface area (Å²) >= 11 is 0. The first kappa shape index (κ1) is 24.2. The monoisotopic (exact) mass is 537 g/mol. The molecule has 6 rings (SSSR count). The molecule has 1 atom stereocenters. The van der Waals surface area contributed by atoms with Crippen molar-refractivity contribution in [2.45, 2.75) is 44.1 Å². The summed E-state index contributed by atoms with van der Waals surface area (Å²) in [6, 6.07) is 2.55. The maximum absolute atomic E-state index is 14.3. The molecule has 1 fully saturated rings. The van der Waals surface area contributed by atoms with Crippen LogP contribution in [0.15, 0.2) is 24.5 Å². The number of nitrogens with one attached hydrogen (secondary N) is 2. The second-order valence-corrected chi connectivity index (χ2v) is 9.17. The van der Waals surface area contributed by atoms with E-state index < -0.39 is 42.2 Å². The van der Waals surface area contributed by atoms with Crippen LogP contribution in [0.5, 0.6) is 11.8 Å². The van der Waals surface area contributed by atoms with E-state index in [1.165, 1.54) is 28.8 Å². The Labute approximate surface area is 210 Å². The molecule has 0 aromatic carbocycles. The number of carbonyl (C=O) groups is 1. The van der Waals surface area contributed by atoms with E-state index in [1.54, 1.807) is 12.1 Å². The van der Waals surface area contributed by atoms with Crippen LogP contribution in [0.25, 0.3) is 33.4 Å². The van der Waals surface area contributed by atoms with Gasteiger partial charge in [-0.3, -0.25) is 9.48 Å². The highest BCUT2D eigenvalue weighted by Gasteiger charge is 2.51. The molecule has 1 saturated carbocycles. The van der Waals surface area contributed by atoms with Crippen molar-refractivity contribution in [2.75, 3.05) is 6.61 Å². The minimum absolute atomic E-state index is 0.0276. The van der Waals surface area contributed by atoms with Gasteiger partial charge in [0.25, 0.3) is 12.3 Å². The molecule has 2 N–H and O–H groups in total. The van der Waals surface area contributed by atoms with Gasteiger partial charge in [-0.05, 0) is 25.0 Å². The van der Waals surface area contributed by atoms with Crippen LogP contribution in [-0.2, 0) is 18.4 Å². The van der Waals surface area contributed by atoms with Crippen molar-refractivity contribution in [1.29, 1.82) is 0 Å². The van der Waals surface area contributed by atoms with Gasteiger partial charge in [-0.25, -0.2) is 22.8 Å². The van der Waals surface area contributed by atoms with Gasteiger partial charge >= 0.3 is 6.61 Å². The van der Waals surface area contributed by atoms with Crippen LogP contribution in [0.2, 0.25) is 0 Å². The zero-order valence-corrected chi connectivity index (χ0v) is 19.7. The van der Waals surface area contributed by atoms with Crippen molar-refractivity contribution in [3.63, 3.8) is 0 Å². The highest BCUT2D eigenvalue weighted by molar-refractivity contribution is 6.04. The first-order valence-corrected chi connectivity index (χ1v) is 11.6. The molecular weight excluding hydrogens is 517 g/mol. The molecule has 15 heteroatoms. The summed E-state index contributed by atoms with van der Waals surface area (Å²) in [6.07, 6.45) is 0.114. The summed E-state index contributed by atoms with van der Waals surface area (Å²) in [4.78, 5) is 19.4. The number of rotatable bonds is 7. The van der Waals surface area contributed by atoms with Gasteiger partial charge < -0.3 is 19.8 Å². The van der Waals surface area contributed by atoms with Gasteiger partial charge in [-0.1, -0.05) is 0 Å². The number of aromatic nitrogens is 6. The topological polar surface area (TPSA) is 112 Å². The van der Waals surface area contributed by atoms with Gasteiger partial charge in [0.2, 0.25) is 11.8 Å². The van der Waals surface area contributed by atoms with Crippen LogP contribution < -0.4 is 14.8 Å². The van der Waals surface area contributed by atoms with Gasteiger partial charge in [0.1, 0.15) is 17.9 Å². The Balaban J connectivity index is 1.48. The predicted octanol–water partition coefficient (Wildman–Crippen LogP) is 3.75.